The number of hydrogen-bond acceptors (Lipinski definition) is 1. The molecule has 0 saturated carbocycles. The van der Waals surface area contributed by atoms with E-state index in [1.807, 2.05) is 0 Å². The third-order valence-corrected chi connectivity index (χ3v) is 2.36. The molecule has 90 valence electrons. The van der Waals surface area contributed by atoms with Crippen molar-refractivity contribution in [3.05, 3.63) is 28.8 Å². The molecule has 1 aromatic heterocycles. The van der Waals surface area contributed by atoms with Crippen LogP contribution in [0.4, 0.5) is 26.3 Å². The number of pyridine rings is 1. The molecule has 0 bridgehead atoms. The second-order valence-electron chi connectivity index (χ2n) is 2.78. The van der Waals surface area contributed by atoms with Gasteiger partial charge in [0, 0.05) is 10.9 Å². The van der Waals surface area contributed by atoms with Gasteiger partial charge in [-0.05, 0) is 0 Å². The molecule has 16 heavy (non-hydrogen) atoms. The number of hydrogen-bond donors (Lipinski definition) is 0. The molecule has 0 radical (unpaired) electrons. The molecule has 1 heterocycles. The third-order valence-electron chi connectivity index (χ3n) is 1.80. The second-order valence-corrected chi connectivity index (χ2v) is 3.34. The predicted molar refractivity (Wildman–Crippen MR) is 46.8 cm³/mol. The molecule has 8 heteroatoms. The molecule has 1 rings (SSSR count). The number of aromatic nitrogens is 1. The second kappa shape index (κ2) is 4.60. The van der Waals surface area contributed by atoms with Crippen LogP contribution in [0.15, 0.2) is 6.20 Å². The lowest BCUT2D eigenvalue weighted by atomic mass is 10.1. The van der Waals surface area contributed by atoms with Crippen molar-refractivity contribution in [1.29, 1.82) is 0 Å². The highest BCUT2D eigenvalue weighted by Gasteiger charge is 2.38. The van der Waals surface area contributed by atoms with Gasteiger partial charge in [0.25, 0.3) is 6.43 Å². The van der Waals surface area contributed by atoms with E-state index in [2.05, 4.69) is 20.9 Å². The van der Waals surface area contributed by atoms with Crippen molar-refractivity contribution >= 4 is 15.9 Å². The molecule has 0 aliphatic heterocycles. The molecular weight excluding hydrogens is 304 g/mol. The summed E-state index contributed by atoms with van der Waals surface area (Å²) in [4.78, 5) is 2.80. The lowest BCUT2D eigenvalue weighted by Gasteiger charge is -2.14. The first-order valence-electron chi connectivity index (χ1n) is 3.87. The molecule has 0 fully saturated rings. The fourth-order valence-electron chi connectivity index (χ4n) is 1.16. The van der Waals surface area contributed by atoms with E-state index in [0.29, 0.717) is 0 Å². The Morgan fingerprint density at radius 3 is 2.25 bits per heavy atom. The van der Waals surface area contributed by atoms with Crippen molar-refractivity contribution in [3.63, 3.8) is 0 Å². The van der Waals surface area contributed by atoms with Gasteiger partial charge in [0.2, 0.25) is 0 Å². The monoisotopic (exact) mass is 307 g/mol. The van der Waals surface area contributed by atoms with E-state index < -0.39 is 40.6 Å². The quantitative estimate of drug-likeness (QED) is 0.593. The molecule has 0 aliphatic carbocycles. The van der Waals surface area contributed by atoms with E-state index in [1.54, 1.807) is 0 Å². The molecule has 0 amide bonds. The molecule has 0 N–H and O–H groups in total. The van der Waals surface area contributed by atoms with Crippen LogP contribution in [0.25, 0.3) is 0 Å². The van der Waals surface area contributed by atoms with Crippen molar-refractivity contribution in [2.75, 3.05) is 0 Å². The van der Waals surface area contributed by atoms with Gasteiger partial charge in [-0.2, -0.15) is 13.2 Å². The first-order valence-corrected chi connectivity index (χ1v) is 4.99. The summed E-state index contributed by atoms with van der Waals surface area (Å²) in [5, 5.41) is -0.549. The van der Waals surface area contributed by atoms with E-state index in [1.165, 1.54) is 0 Å². The summed E-state index contributed by atoms with van der Waals surface area (Å²) in [5.74, 6) is -1.45. The average molecular weight is 308 g/mol. The minimum absolute atomic E-state index is 0.149. The van der Waals surface area contributed by atoms with Crippen LogP contribution in [0.1, 0.15) is 23.2 Å². The van der Waals surface area contributed by atoms with E-state index in [-0.39, 0.29) is 6.20 Å². The molecule has 0 saturated heterocycles. The summed E-state index contributed by atoms with van der Waals surface area (Å²) in [6.07, 6.45) is -8.06. The fourth-order valence-corrected chi connectivity index (χ4v) is 1.72. The van der Waals surface area contributed by atoms with Gasteiger partial charge >= 0.3 is 6.18 Å². The van der Waals surface area contributed by atoms with Crippen LogP contribution in [-0.2, 0) is 11.5 Å². The molecule has 0 spiro atoms. The summed E-state index contributed by atoms with van der Waals surface area (Å²) in [6.45, 7) is 0. The van der Waals surface area contributed by atoms with Gasteiger partial charge in [0.05, 0.1) is 11.8 Å². The Labute approximate surface area is 94.6 Å². The lowest BCUT2D eigenvalue weighted by molar-refractivity contribution is -0.141. The Morgan fingerprint density at radius 1 is 1.31 bits per heavy atom. The van der Waals surface area contributed by atoms with Crippen LogP contribution in [0.5, 0.6) is 0 Å². The largest absolute Gasteiger partial charge is 0.433 e. The predicted octanol–water partition coefficient (Wildman–Crippen LogP) is 4.07. The third kappa shape index (κ3) is 2.47. The van der Waals surface area contributed by atoms with Gasteiger partial charge in [-0.15, -0.1) is 0 Å². The Balaban J connectivity index is 3.49. The highest BCUT2D eigenvalue weighted by molar-refractivity contribution is 9.08. The Kier molecular flexibility index (Phi) is 3.82. The Bertz CT molecular complexity index is 389. The van der Waals surface area contributed by atoms with Gasteiger partial charge in [0.15, 0.2) is 5.82 Å². The van der Waals surface area contributed by atoms with Gasteiger partial charge in [-0.3, -0.25) is 0 Å². The van der Waals surface area contributed by atoms with Crippen LogP contribution in [0, 0.1) is 5.82 Å². The van der Waals surface area contributed by atoms with Crippen molar-refractivity contribution < 1.29 is 26.3 Å². The van der Waals surface area contributed by atoms with E-state index in [9.17, 15) is 26.3 Å². The van der Waals surface area contributed by atoms with Gasteiger partial charge < -0.3 is 0 Å². The Morgan fingerprint density at radius 2 is 1.88 bits per heavy atom. The first kappa shape index (κ1) is 13.3. The van der Waals surface area contributed by atoms with E-state index in [0.717, 1.165) is 0 Å². The minimum atomic E-state index is -4.89. The van der Waals surface area contributed by atoms with Crippen LogP contribution in [-0.4, -0.2) is 4.98 Å². The fraction of sp³-hybridized carbons (Fsp3) is 0.375. The molecule has 1 nitrogen and oxygen atoms in total. The van der Waals surface area contributed by atoms with Gasteiger partial charge in [-0.25, -0.2) is 18.2 Å². The van der Waals surface area contributed by atoms with Crippen molar-refractivity contribution in [1.82, 2.24) is 4.98 Å². The maximum Gasteiger partial charge on any atom is 0.433 e. The van der Waals surface area contributed by atoms with Crippen LogP contribution in [0.2, 0.25) is 0 Å². The summed E-state index contributed by atoms with van der Waals surface area (Å²) >= 11 is 2.61. The summed E-state index contributed by atoms with van der Waals surface area (Å²) < 4.78 is 74.8. The standard InChI is InChI=1S/C8H4BrF6N/c9-1-3-5(7(11)12)4(10)2-16-6(3)8(13,14)15/h2,7H,1H2. The smallest absolute Gasteiger partial charge is 0.248 e. The van der Waals surface area contributed by atoms with Crippen LogP contribution in [0.3, 0.4) is 0 Å². The number of halogens is 7. The van der Waals surface area contributed by atoms with Crippen molar-refractivity contribution in [3.8, 4) is 0 Å². The minimum Gasteiger partial charge on any atom is -0.248 e. The number of nitrogens with zero attached hydrogens (tertiary/aromatic N) is 1. The lowest BCUT2D eigenvalue weighted by Crippen LogP contribution is -2.14. The zero-order chi connectivity index (χ0) is 12.5. The van der Waals surface area contributed by atoms with E-state index in [4.69, 9.17) is 0 Å². The topological polar surface area (TPSA) is 12.9 Å². The van der Waals surface area contributed by atoms with Gasteiger partial charge in [-0.1, -0.05) is 15.9 Å². The number of rotatable bonds is 2. The maximum absolute atomic E-state index is 12.9. The first-order chi connectivity index (χ1) is 7.29. The normalized spacial score (nSPS) is 12.2. The van der Waals surface area contributed by atoms with Crippen LogP contribution >= 0.6 is 15.9 Å². The van der Waals surface area contributed by atoms with Crippen molar-refractivity contribution in [2.24, 2.45) is 0 Å². The maximum atomic E-state index is 12.9. The highest BCUT2D eigenvalue weighted by Crippen LogP contribution is 2.36. The zero-order valence-electron chi connectivity index (χ0n) is 7.45. The molecular formula is C8H4BrF6N. The SMILES string of the molecule is Fc1cnc(C(F)(F)F)c(CBr)c1C(F)F. The summed E-state index contributed by atoms with van der Waals surface area (Å²) in [5.41, 5.74) is -3.64. The van der Waals surface area contributed by atoms with Crippen molar-refractivity contribution in [2.45, 2.75) is 17.9 Å². The molecule has 0 unspecified atom stereocenters. The van der Waals surface area contributed by atoms with E-state index >= 15 is 0 Å². The highest BCUT2D eigenvalue weighted by atomic mass is 79.9. The van der Waals surface area contributed by atoms with Crippen LogP contribution < -0.4 is 0 Å². The average Bonchev–Trinajstić information content (AvgIpc) is 2.14. The summed E-state index contributed by atoms with van der Waals surface area (Å²) in [7, 11) is 0. The number of alkyl halides is 6. The Hall–Kier alpha value is -0.790. The molecule has 0 atom stereocenters. The summed E-state index contributed by atoms with van der Waals surface area (Å²) in [6, 6.07) is 0. The van der Waals surface area contributed by atoms with Gasteiger partial charge in [0.1, 0.15) is 5.69 Å². The zero-order valence-corrected chi connectivity index (χ0v) is 9.04. The molecule has 0 aromatic carbocycles. The molecule has 0 aliphatic rings. The molecule has 1 aromatic rings.